The van der Waals surface area contributed by atoms with E-state index in [-0.39, 0.29) is 0 Å². The fourth-order valence-electron chi connectivity index (χ4n) is 1.70. The maximum Gasteiger partial charge on any atom is 0.0954 e. The van der Waals surface area contributed by atoms with E-state index in [1.807, 2.05) is 25.6 Å². The van der Waals surface area contributed by atoms with Gasteiger partial charge in [0.05, 0.1) is 5.69 Å². The largest absolute Gasteiger partial charge is 0.272 e. The molecule has 1 aromatic carbocycles. The lowest BCUT2D eigenvalue weighted by atomic mass is 10.1. The van der Waals surface area contributed by atoms with Crippen LogP contribution in [0.4, 0.5) is 0 Å². The minimum Gasteiger partial charge on any atom is -0.272 e. The van der Waals surface area contributed by atoms with Crippen molar-refractivity contribution in [2.75, 3.05) is 0 Å². The first kappa shape index (κ1) is 13.5. The van der Waals surface area contributed by atoms with Crippen molar-refractivity contribution < 1.29 is 0 Å². The molecule has 2 heteroatoms. The van der Waals surface area contributed by atoms with E-state index in [4.69, 9.17) is 0 Å². The normalized spacial score (nSPS) is 9.76. The minimum atomic E-state index is 1.09. The van der Waals surface area contributed by atoms with Gasteiger partial charge in [0.2, 0.25) is 0 Å². The lowest BCUT2D eigenvalue weighted by molar-refractivity contribution is 0.741. The fraction of sp³-hybridized carbons (Fsp3) is 0.400. The van der Waals surface area contributed by atoms with Crippen LogP contribution in [-0.4, -0.2) is 9.78 Å². The molecule has 0 atom stereocenters. The first-order valence-corrected chi connectivity index (χ1v) is 6.17. The van der Waals surface area contributed by atoms with Crippen LogP contribution in [0.15, 0.2) is 24.3 Å². The van der Waals surface area contributed by atoms with Gasteiger partial charge in [-0.15, -0.1) is 0 Å². The first-order chi connectivity index (χ1) is 8.09. The van der Waals surface area contributed by atoms with Crippen LogP contribution in [0.25, 0.3) is 11.3 Å². The SMILES string of the molecule is CC.Cc1ccc(-c2nn(C)c(C)c2C)cc1. The van der Waals surface area contributed by atoms with Gasteiger partial charge in [0.25, 0.3) is 0 Å². The van der Waals surface area contributed by atoms with E-state index >= 15 is 0 Å². The smallest absolute Gasteiger partial charge is 0.0954 e. The predicted molar refractivity (Wildman–Crippen MR) is 74.2 cm³/mol. The highest BCUT2D eigenvalue weighted by Gasteiger charge is 2.09. The fourth-order valence-corrected chi connectivity index (χ4v) is 1.70. The number of nitrogens with zero attached hydrogens (tertiary/aromatic N) is 2. The highest BCUT2D eigenvalue weighted by atomic mass is 15.3. The van der Waals surface area contributed by atoms with Gasteiger partial charge in [0, 0.05) is 18.3 Å². The van der Waals surface area contributed by atoms with E-state index in [0.29, 0.717) is 0 Å². The summed E-state index contributed by atoms with van der Waals surface area (Å²) in [6.45, 7) is 10.3. The van der Waals surface area contributed by atoms with Gasteiger partial charge in [-0.05, 0) is 26.3 Å². The number of benzene rings is 1. The van der Waals surface area contributed by atoms with Gasteiger partial charge >= 0.3 is 0 Å². The van der Waals surface area contributed by atoms with Crippen LogP contribution in [0.1, 0.15) is 30.7 Å². The van der Waals surface area contributed by atoms with Crippen molar-refractivity contribution in [2.45, 2.75) is 34.6 Å². The summed E-state index contributed by atoms with van der Waals surface area (Å²) in [5.74, 6) is 0. The zero-order chi connectivity index (χ0) is 13.0. The minimum absolute atomic E-state index is 1.09. The van der Waals surface area contributed by atoms with E-state index < -0.39 is 0 Å². The van der Waals surface area contributed by atoms with Crippen LogP contribution in [0, 0.1) is 20.8 Å². The summed E-state index contributed by atoms with van der Waals surface area (Å²) in [6.07, 6.45) is 0. The average Bonchev–Trinajstić information content (AvgIpc) is 2.61. The molecule has 0 amide bonds. The van der Waals surface area contributed by atoms with Crippen molar-refractivity contribution in [3.63, 3.8) is 0 Å². The van der Waals surface area contributed by atoms with Crippen molar-refractivity contribution in [1.29, 1.82) is 0 Å². The second-order valence-corrected chi connectivity index (χ2v) is 4.05. The molecule has 0 unspecified atom stereocenters. The molecule has 0 saturated heterocycles. The van der Waals surface area contributed by atoms with Crippen LogP contribution < -0.4 is 0 Å². The van der Waals surface area contributed by atoms with Crippen LogP contribution >= 0.6 is 0 Å². The van der Waals surface area contributed by atoms with Crippen LogP contribution in [0.3, 0.4) is 0 Å². The van der Waals surface area contributed by atoms with Crippen LogP contribution in [0.5, 0.6) is 0 Å². The number of aromatic nitrogens is 2. The summed E-state index contributed by atoms with van der Waals surface area (Å²) in [5, 5.41) is 4.53. The van der Waals surface area contributed by atoms with Gasteiger partial charge in [0.1, 0.15) is 0 Å². The van der Waals surface area contributed by atoms with Gasteiger partial charge in [0.15, 0.2) is 0 Å². The maximum atomic E-state index is 4.53. The Labute approximate surface area is 104 Å². The predicted octanol–water partition coefficient (Wildman–Crippen LogP) is 4.04. The molecule has 2 nitrogen and oxygen atoms in total. The molecule has 0 radical (unpaired) electrons. The number of hydrogen-bond acceptors (Lipinski definition) is 1. The van der Waals surface area contributed by atoms with Crippen molar-refractivity contribution in [2.24, 2.45) is 7.05 Å². The lowest BCUT2D eigenvalue weighted by Gasteiger charge is -1.99. The molecule has 0 aliphatic heterocycles. The molecule has 0 N–H and O–H groups in total. The molecular weight excluding hydrogens is 208 g/mol. The molecule has 17 heavy (non-hydrogen) atoms. The molecule has 0 fully saturated rings. The molecule has 0 bridgehead atoms. The Balaban J connectivity index is 0.000000686. The van der Waals surface area contributed by atoms with Crippen molar-refractivity contribution in [3.8, 4) is 11.3 Å². The summed E-state index contributed by atoms with van der Waals surface area (Å²) < 4.78 is 1.94. The molecule has 0 aliphatic carbocycles. The molecule has 1 aromatic heterocycles. The molecule has 1 heterocycles. The van der Waals surface area contributed by atoms with Gasteiger partial charge in [-0.2, -0.15) is 5.10 Å². The zero-order valence-electron chi connectivity index (χ0n) is 11.7. The molecular formula is C15H22N2. The van der Waals surface area contributed by atoms with Gasteiger partial charge in [-0.25, -0.2) is 0 Å². The maximum absolute atomic E-state index is 4.53. The molecule has 2 rings (SSSR count). The molecule has 0 spiro atoms. The monoisotopic (exact) mass is 230 g/mol. The Morgan fingerprint density at radius 3 is 1.88 bits per heavy atom. The highest BCUT2D eigenvalue weighted by molar-refractivity contribution is 5.63. The van der Waals surface area contributed by atoms with E-state index in [9.17, 15) is 0 Å². The Kier molecular flexibility index (Phi) is 4.50. The van der Waals surface area contributed by atoms with Gasteiger partial charge in [-0.1, -0.05) is 43.7 Å². The van der Waals surface area contributed by atoms with Crippen molar-refractivity contribution in [3.05, 3.63) is 41.1 Å². The third-order valence-corrected chi connectivity index (χ3v) is 2.96. The van der Waals surface area contributed by atoms with E-state index in [1.165, 1.54) is 22.4 Å². The quantitative estimate of drug-likeness (QED) is 0.723. The van der Waals surface area contributed by atoms with Crippen LogP contribution in [-0.2, 0) is 7.05 Å². The summed E-state index contributed by atoms with van der Waals surface area (Å²) in [6, 6.07) is 8.51. The lowest BCUT2D eigenvalue weighted by Crippen LogP contribution is -1.92. The third-order valence-electron chi connectivity index (χ3n) is 2.96. The second kappa shape index (κ2) is 5.67. The Morgan fingerprint density at radius 1 is 0.941 bits per heavy atom. The average molecular weight is 230 g/mol. The first-order valence-electron chi connectivity index (χ1n) is 6.17. The molecule has 0 aliphatic rings. The third kappa shape index (κ3) is 2.76. The Hall–Kier alpha value is -1.57. The van der Waals surface area contributed by atoms with Crippen LogP contribution in [0.2, 0.25) is 0 Å². The van der Waals surface area contributed by atoms with Gasteiger partial charge in [-0.3, -0.25) is 4.68 Å². The van der Waals surface area contributed by atoms with E-state index in [0.717, 1.165) is 5.69 Å². The highest BCUT2D eigenvalue weighted by Crippen LogP contribution is 2.23. The zero-order valence-corrected chi connectivity index (χ0v) is 11.7. The number of hydrogen-bond donors (Lipinski definition) is 0. The summed E-state index contributed by atoms with van der Waals surface area (Å²) >= 11 is 0. The van der Waals surface area contributed by atoms with Crippen molar-refractivity contribution >= 4 is 0 Å². The molecule has 92 valence electrons. The van der Waals surface area contributed by atoms with E-state index in [1.54, 1.807) is 0 Å². The number of aryl methyl sites for hydroxylation is 2. The second-order valence-electron chi connectivity index (χ2n) is 4.05. The summed E-state index contributed by atoms with van der Waals surface area (Å²) in [7, 11) is 1.99. The van der Waals surface area contributed by atoms with Gasteiger partial charge < -0.3 is 0 Å². The Morgan fingerprint density at radius 2 is 1.47 bits per heavy atom. The topological polar surface area (TPSA) is 17.8 Å². The standard InChI is InChI=1S/C13H16N2.C2H6/c1-9-5-7-12(8-6-9)13-10(2)11(3)15(4)14-13;1-2/h5-8H,1-4H3;1-2H3. The van der Waals surface area contributed by atoms with Crippen molar-refractivity contribution in [1.82, 2.24) is 9.78 Å². The Bertz CT molecular complexity index is 478. The molecule has 2 aromatic rings. The number of rotatable bonds is 1. The molecule has 0 saturated carbocycles. The summed E-state index contributed by atoms with van der Waals surface area (Å²) in [4.78, 5) is 0. The summed E-state index contributed by atoms with van der Waals surface area (Å²) in [5.41, 5.74) is 6.06. The van der Waals surface area contributed by atoms with E-state index in [2.05, 4.69) is 50.1 Å².